The first-order chi connectivity index (χ1) is 12.6. The molecule has 0 bridgehead atoms. The zero-order chi connectivity index (χ0) is 18.5. The number of hydrogen-bond acceptors (Lipinski definition) is 5. The van der Waals surface area contributed by atoms with Gasteiger partial charge in [-0.15, -0.1) is 11.3 Å². The van der Waals surface area contributed by atoms with Gasteiger partial charge in [0.15, 0.2) is 11.5 Å². The summed E-state index contributed by atoms with van der Waals surface area (Å²) in [6, 6.07) is 13.7. The van der Waals surface area contributed by atoms with E-state index < -0.39 is 0 Å². The molecule has 1 aromatic heterocycles. The zero-order valence-electron chi connectivity index (χ0n) is 14.2. The number of allylic oxidation sites excluding steroid dienone is 1. The Morgan fingerprint density at radius 2 is 1.85 bits per heavy atom. The van der Waals surface area contributed by atoms with Crippen LogP contribution in [-0.4, -0.2) is 19.2 Å². The first kappa shape index (κ1) is 17.6. The van der Waals surface area contributed by atoms with Gasteiger partial charge in [0, 0.05) is 10.9 Å². The second-order valence-corrected chi connectivity index (χ2v) is 6.19. The van der Waals surface area contributed by atoms with Crippen molar-refractivity contribution in [1.29, 1.82) is 5.26 Å². The van der Waals surface area contributed by atoms with Crippen molar-refractivity contribution in [1.82, 2.24) is 4.98 Å². The van der Waals surface area contributed by atoms with Gasteiger partial charge >= 0.3 is 0 Å². The standard InChI is InChI=1S/C20H15FN2O2S/c1-24-18-8-3-13(10-19(18)25-2)9-15(11-22)20-23-17(12-26-20)14-4-6-16(21)7-5-14/h3-10,12H,1-2H3/b15-9-. The van der Waals surface area contributed by atoms with Crippen molar-refractivity contribution in [2.75, 3.05) is 14.2 Å². The number of rotatable bonds is 5. The average molecular weight is 366 g/mol. The molecule has 0 atom stereocenters. The van der Waals surface area contributed by atoms with E-state index in [4.69, 9.17) is 9.47 Å². The molecule has 0 N–H and O–H groups in total. The van der Waals surface area contributed by atoms with Crippen molar-refractivity contribution in [3.8, 4) is 28.8 Å². The van der Waals surface area contributed by atoms with Gasteiger partial charge in [-0.05, 0) is 48.0 Å². The Labute approximate surface area is 154 Å². The normalized spacial score (nSPS) is 11.1. The number of thiazole rings is 1. The lowest BCUT2D eigenvalue weighted by molar-refractivity contribution is 0.355. The molecule has 4 nitrogen and oxygen atoms in total. The molecule has 0 unspecified atom stereocenters. The van der Waals surface area contributed by atoms with E-state index in [9.17, 15) is 9.65 Å². The first-order valence-corrected chi connectivity index (χ1v) is 8.58. The zero-order valence-corrected chi connectivity index (χ0v) is 15.0. The molecule has 0 amide bonds. The number of halogens is 1. The van der Waals surface area contributed by atoms with E-state index in [1.807, 2.05) is 11.4 Å². The monoisotopic (exact) mass is 366 g/mol. The summed E-state index contributed by atoms with van der Waals surface area (Å²) in [4.78, 5) is 4.50. The maximum Gasteiger partial charge on any atom is 0.161 e. The van der Waals surface area contributed by atoms with Crippen LogP contribution in [0.1, 0.15) is 10.6 Å². The molecule has 0 aliphatic rings. The summed E-state index contributed by atoms with van der Waals surface area (Å²) >= 11 is 1.37. The second kappa shape index (κ2) is 7.81. The number of ether oxygens (including phenoxy) is 2. The number of aromatic nitrogens is 1. The van der Waals surface area contributed by atoms with Crippen LogP contribution in [0.25, 0.3) is 22.9 Å². The van der Waals surface area contributed by atoms with Crippen LogP contribution in [0.2, 0.25) is 0 Å². The van der Waals surface area contributed by atoms with Crippen molar-refractivity contribution in [2.24, 2.45) is 0 Å². The van der Waals surface area contributed by atoms with E-state index in [-0.39, 0.29) is 5.82 Å². The minimum atomic E-state index is -0.296. The van der Waals surface area contributed by atoms with E-state index in [1.54, 1.807) is 44.6 Å². The van der Waals surface area contributed by atoms with Crippen molar-refractivity contribution < 1.29 is 13.9 Å². The van der Waals surface area contributed by atoms with Crippen LogP contribution in [0.15, 0.2) is 47.8 Å². The Balaban J connectivity index is 1.93. The highest BCUT2D eigenvalue weighted by Crippen LogP contribution is 2.31. The van der Waals surface area contributed by atoms with E-state index >= 15 is 0 Å². The molecule has 26 heavy (non-hydrogen) atoms. The Kier molecular flexibility index (Phi) is 5.30. The lowest BCUT2D eigenvalue weighted by Crippen LogP contribution is -1.91. The van der Waals surface area contributed by atoms with Crippen molar-refractivity contribution >= 4 is 23.0 Å². The van der Waals surface area contributed by atoms with Crippen LogP contribution >= 0.6 is 11.3 Å². The van der Waals surface area contributed by atoms with Crippen LogP contribution in [0.5, 0.6) is 11.5 Å². The smallest absolute Gasteiger partial charge is 0.161 e. The molecule has 130 valence electrons. The quantitative estimate of drug-likeness (QED) is 0.594. The minimum Gasteiger partial charge on any atom is -0.493 e. The second-order valence-electron chi connectivity index (χ2n) is 5.33. The van der Waals surface area contributed by atoms with E-state index in [0.29, 0.717) is 27.8 Å². The summed E-state index contributed by atoms with van der Waals surface area (Å²) in [5, 5.41) is 12.0. The van der Waals surface area contributed by atoms with Crippen molar-refractivity contribution in [2.45, 2.75) is 0 Å². The van der Waals surface area contributed by atoms with Crippen LogP contribution in [-0.2, 0) is 0 Å². The van der Waals surface area contributed by atoms with Gasteiger partial charge in [0.2, 0.25) is 0 Å². The summed E-state index contributed by atoms with van der Waals surface area (Å²) < 4.78 is 23.6. The van der Waals surface area contributed by atoms with Crippen molar-refractivity contribution in [3.05, 3.63) is 64.2 Å². The summed E-state index contributed by atoms with van der Waals surface area (Å²) in [5.74, 6) is 0.913. The van der Waals surface area contributed by atoms with Crippen LogP contribution in [0.4, 0.5) is 4.39 Å². The summed E-state index contributed by atoms with van der Waals surface area (Å²) in [7, 11) is 3.13. The molecule has 0 fully saturated rings. The van der Waals surface area contributed by atoms with Gasteiger partial charge in [-0.25, -0.2) is 9.37 Å². The van der Waals surface area contributed by atoms with E-state index in [0.717, 1.165) is 11.1 Å². The fourth-order valence-electron chi connectivity index (χ4n) is 2.40. The molecular formula is C20H15FN2O2S. The SMILES string of the molecule is COc1ccc(/C=C(/C#N)c2nc(-c3ccc(F)cc3)cs2)cc1OC. The molecule has 0 aliphatic heterocycles. The van der Waals surface area contributed by atoms with Crippen molar-refractivity contribution in [3.63, 3.8) is 0 Å². The third-order valence-electron chi connectivity index (χ3n) is 3.71. The number of hydrogen-bond donors (Lipinski definition) is 0. The number of benzene rings is 2. The van der Waals surface area contributed by atoms with Gasteiger partial charge in [-0.3, -0.25) is 0 Å². The lowest BCUT2D eigenvalue weighted by Gasteiger charge is -2.07. The summed E-state index contributed by atoms with van der Waals surface area (Å²) in [6.07, 6.45) is 1.75. The van der Waals surface area contributed by atoms with E-state index in [2.05, 4.69) is 11.1 Å². The summed E-state index contributed by atoms with van der Waals surface area (Å²) in [6.45, 7) is 0. The third-order valence-corrected chi connectivity index (χ3v) is 4.59. The van der Waals surface area contributed by atoms with E-state index in [1.165, 1.54) is 23.5 Å². The predicted octanol–water partition coefficient (Wildman–Crippen LogP) is 5.03. The number of nitrogens with zero attached hydrogens (tertiary/aromatic N) is 2. The average Bonchev–Trinajstić information content (AvgIpc) is 3.16. The molecule has 2 aromatic carbocycles. The van der Waals surface area contributed by atoms with Crippen LogP contribution < -0.4 is 9.47 Å². The molecule has 0 radical (unpaired) electrons. The molecule has 0 spiro atoms. The molecule has 6 heteroatoms. The van der Waals surface area contributed by atoms with Gasteiger partial charge in [0.25, 0.3) is 0 Å². The Morgan fingerprint density at radius 1 is 1.12 bits per heavy atom. The molecule has 3 rings (SSSR count). The Morgan fingerprint density at radius 3 is 2.50 bits per heavy atom. The van der Waals surface area contributed by atoms with Gasteiger partial charge < -0.3 is 9.47 Å². The Bertz CT molecular complexity index is 988. The molecular weight excluding hydrogens is 351 g/mol. The predicted molar refractivity (Wildman–Crippen MR) is 101 cm³/mol. The highest BCUT2D eigenvalue weighted by Gasteiger charge is 2.10. The molecule has 0 saturated carbocycles. The van der Waals surface area contributed by atoms with Gasteiger partial charge in [0.1, 0.15) is 16.9 Å². The van der Waals surface area contributed by atoms with Crippen LogP contribution in [0, 0.1) is 17.1 Å². The maximum absolute atomic E-state index is 13.1. The fraction of sp³-hybridized carbons (Fsp3) is 0.100. The topological polar surface area (TPSA) is 55.1 Å². The van der Waals surface area contributed by atoms with Gasteiger partial charge in [-0.1, -0.05) is 6.07 Å². The van der Waals surface area contributed by atoms with Gasteiger partial charge in [-0.2, -0.15) is 5.26 Å². The third kappa shape index (κ3) is 3.73. The van der Waals surface area contributed by atoms with Gasteiger partial charge in [0.05, 0.1) is 25.5 Å². The minimum absolute atomic E-state index is 0.296. The largest absolute Gasteiger partial charge is 0.493 e. The van der Waals surface area contributed by atoms with Crippen LogP contribution in [0.3, 0.4) is 0 Å². The Hall–Kier alpha value is -3.17. The highest BCUT2D eigenvalue weighted by molar-refractivity contribution is 7.11. The molecule has 3 aromatic rings. The fourth-order valence-corrected chi connectivity index (χ4v) is 3.20. The maximum atomic E-state index is 13.1. The number of methoxy groups -OCH3 is 2. The summed E-state index contributed by atoms with van der Waals surface area (Å²) in [5.41, 5.74) is 2.75. The molecule has 0 saturated heterocycles. The molecule has 1 heterocycles. The number of nitriles is 1. The highest BCUT2D eigenvalue weighted by atomic mass is 32.1. The molecule has 0 aliphatic carbocycles. The lowest BCUT2D eigenvalue weighted by atomic mass is 10.1. The first-order valence-electron chi connectivity index (χ1n) is 7.70.